The van der Waals surface area contributed by atoms with Crippen LogP contribution < -0.4 is 4.74 Å². The number of hydrogen-bond donors (Lipinski definition) is 0. The van der Waals surface area contributed by atoms with Crippen molar-refractivity contribution >= 4 is 38.8 Å². The molecule has 4 heteroatoms. The number of ketones is 1. The fourth-order valence-corrected chi connectivity index (χ4v) is 3.09. The lowest BCUT2D eigenvalue weighted by molar-refractivity contribution is 0.101. The van der Waals surface area contributed by atoms with Crippen LogP contribution in [0.25, 0.3) is 17.0 Å². The molecule has 114 valence electrons. The van der Waals surface area contributed by atoms with Crippen LogP contribution in [-0.4, -0.2) is 12.4 Å². The van der Waals surface area contributed by atoms with Gasteiger partial charge in [0.2, 0.25) is 5.78 Å². The van der Waals surface area contributed by atoms with Crippen LogP contribution in [0.4, 0.5) is 0 Å². The minimum atomic E-state index is -0.111. The van der Waals surface area contributed by atoms with E-state index in [4.69, 9.17) is 9.15 Å². The van der Waals surface area contributed by atoms with E-state index in [-0.39, 0.29) is 5.78 Å². The molecule has 0 amide bonds. The third-order valence-corrected chi connectivity index (χ3v) is 4.57. The summed E-state index contributed by atoms with van der Waals surface area (Å²) in [7, 11) is 0. The zero-order chi connectivity index (χ0) is 16.0. The molecule has 23 heavy (non-hydrogen) atoms. The van der Waals surface area contributed by atoms with E-state index >= 15 is 0 Å². The molecule has 0 radical (unpaired) electrons. The number of rotatable bonds is 2. The van der Waals surface area contributed by atoms with Gasteiger partial charge in [0.05, 0.1) is 5.56 Å². The van der Waals surface area contributed by atoms with Crippen molar-refractivity contribution < 1.29 is 13.9 Å². The number of carbonyl (C=O) groups is 1. The summed E-state index contributed by atoms with van der Waals surface area (Å²) in [6.07, 6.45) is 3.92. The summed E-state index contributed by atoms with van der Waals surface area (Å²) in [6.45, 7) is 2.47. The molecule has 2 heterocycles. The maximum absolute atomic E-state index is 12.8. The molecule has 4 rings (SSSR count). The molecule has 0 aliphatic carbocycles. The van der Waals surface area contributed by atoms with Crippen LogP contribution in [0, 0.1) is 6.92 Å². The molecule has 0 spiro atoms. The minimum Gasteiger partial charge on any atom is -0.489 e. The number of carbonyl (C=O) groups excluding carboxylic acids is 1. The molecule has 3 aromatic rings. The monoisotopic (exact) mass is 368 g/mol. The van der Waals surface area contributed by atoms with Gasteiger partial charge in [0.15, 0.2) is 5.76 Å². The third-order valence-electron chi connectivity index (χ3n) is 4.04. The van der Waals surface area contributed by atoms with Crippen molar-refractivity contribution in [3.05, 3.63) is 69.4 Å². The molecule has 0 bridgehead atoms. The quantitative estimate of drug-likeness (QED) is 0.587. The molecule has 0 saturated heterocycles. The van der Waals surface area contributed by atoms with Crippen LogP contribution in [0.1, 0.15) is 27.2 Å². The smallest absolute Gasteiger partial charge is 0.228 e. The molecule has 3 nitrogen and oxygen atoms in total. The molecule has 0 saturated carbocycles. The standard InChI is InChI=1S/C19H13BrO3/c1-11-14-8-9-16-15(3-2-10-22-16)19(14)23-18(11)17(21)12-4-6-13(20)7-5-12/h2-9H,10H2,1H3. The zero-order valence-electron chi connectivity index (χ0n) is 12.4. The van der Waals surface area contributed by atoms with Gasteiger partial charge in [-0.25, -0.2) is 0 Å². The number of aryl methyl sites for hydroxylation is 1. The summed E-state index contributed by atoms with van der Waals surface area (Å²) >= 11 is 3.38. The number of halogens is 1. The molecule has 1 aromatic heterocycles. The Morgan fingerprint density at radius 2 is 1.91 bits per heavy atom. The first-order valence-electron chi connectivity index (χ1n) is 7.31. The van der Waals surface area contributed by atoms with Gasteiger partial charge < -0.3 is 9.15 Å². The van der Waals surface area contributed by atoms with Gasteiger partial charge in [0.1, 0.15) is 17.9 Å². The number of benzene rings is 2. The molecule has 0 unspecified atom stereocenters. The van der Waals surface area contributed by atoms with Gasteiger partial charge in [-0.2, -0.15) is 0 Å². The van der Waals surface area contributed by atoms with E-state index in [1.54, 1.807) is 12.1 Å². The second-order valence-electron chi connectivity index (χ2n) is 5.46. The summed E-state index contributed by atoms with van der Waals surface area (Å²) < 4.78 is 12.5. The highest BCUT2D eigenvalue weighted by atomic mass is 79.9. The molecule has 2 aromatic carbocycles. The minimum absolute atomic E-state index is 0.111. The van der Waals surface area contributed by atoms with E-state index in [1.807, 2.05) is 43.3 Å². The zero-order valence-corrected chi connectivity index (χ0v) is 14.0. The average Bonchev–Trinajstić information content (AvgIpc) is 2.92. The Morgan fingerprint density at radius 3 is 2.70 bits per heavy atom. The topological polar surface area (TPSA) is 39.4 Å². The first-order valence-corrected chi connectivity index (χ1v) is 8.10. The van der Waals surface area contributed by atoms with E-state index in [0.717, 1.165) is 26.7 Å². The summed E-state index contributed by atoms with van der Waals surface area (Å²) in [5.41, 5.74) is 3.06. The molecular formula is C19H13BrO3. The lowest BCUT2D eigenvalue weighted by Crippen LogP contribution is -2.01. The molecule has 0 atom stereocenters. The third kappa shape index (κ3) is 2.30. The Hall–Kier alpha value is -2.33. The summed E-state index contributed by atoms with van der Waals surface area (Å²) in [5.74, 6) is 1.06. The Labute approximate surface area is 141 Å². The van der Waals surface area contributed by atoms with Crippen LogP contribution >= 0.6 is 15.9 Å². The van der Waals surface area contributed by atoms with E-state index in [2.05, 4.69) is 15.9 Å². The highest BCUT2D eigenvalue weighted by molar-refractivity contribution is 9.10. The molecular weight excluding hydrogens is 356 g/mol. The Balaban J connectivity index is 1.88. The number of ether oxygens (including phenoxy) is 1. The molecule has 0 fully saturated rings. The van der Waals surface area contributed by atoms with E-state index in [0.29, 0.717) is 23.5 Å². The molecule has 1 aliphatic heterocycles. The van der Waals surface area contributed by atoms with Gasteiger partial charge in [-0.3, -0.25) is 4.79 Å². The number of hydrogen-bond acceptors (Lipinski definition) is 3. The SMILES string of the molecule is Cc1c(C(=O)c2ccc(Br)cc2)oc2c3c(ccc12)OCC=C3. The van der Waals surface area contributed by atoms with Gasteiger partial charge in [-0.05, 0) is 55.5 Å². The van der Waals surface area contributed by atoms with Gasteiger partial charge in [0.25, 0.3) is 0 Å². The van der Waals surface area contributed by atoms with Crippen molar-refractivity contribution in [2.75, 3.05) is 6.61 Å². The van der Waals surface area contributed by atoms with Gasteiger partial charge in [0, 0.05) is 21.0 Å². The van der Waals surface area contributed by atoms with Crippen molar-refractivity contribution in [3.8, 4) is 5.75 Å². The van der Waals surface area contributed by atoms with Gasteiger partial charge in [-0.15, -0.1) is 0 Å². The highest BCUT2D eigenvalue weighted by Crippen LogP contribution is 2.36. The molecule has 1 aliphatic rings. The average molecular weight is 369 g/mol. The Morgan fingerprint density at radius 1 is 1.13 bits per heavy atom. The van der Waals surface area contributed by atoms with Crippen LogP contribution in [0.2, 0.25) is 0 Å². The molecule has 0 N–H and O–H groups in total. The summed E-state index contributed by atoms with van der Waals surface area (Å²) in [4.78, 5) is 12.8. The first-order chi connectivity index (χ1) is 11.1. The van der Waals surface area contributed by atoms with Gasteiger partial charge >= 0.3 is 0 Å². The second kappa shape index (κ2) is 5.39. The van der Waals surface area contributed by atoms with Crippen molar-refractivity contribution in [1.29, 1.82) is 0 Å². The largest absolute Gasteiger partial charge is 0.489 e. The van der Waals surface area contributed by atoms with Gasteiger partial charge in [-0.1, -0.05) is 15.9 Å². The Bertz CT molecular complexity index is 949. The maximum Gasteiger partial charge on any atom is 0.228 e. The lowest BCUT2D eigenvalue weighted by atomic mass is 10.0. The highest BCUT2D eigenvalue weighted by Gasteiger charge is 2.22. The summed E-state index contributed by atoms with van der Waals surface area (Å²) in [6, 6.07) is 11.2. The predicted molar refractivity (Wildman–Crippen MR) is 93.1 cm³/mol. The van der Waals surface area contributed by atoms with Crippen molar-refractivity contribution in [1.82, 2.24) is 0 Å². The van der Waals surface area contributed by atoms with Crippen molar-refractivity contribution in [2.45, 2.75) is 6.92 Å². The maximum atomic E-state index is 12.8. The van der Waals surface area contributed by atoms with Crippen LogP contribution in [0.5, 0.6) is 5.75 Å². The Kier molecular flexibility index (Phi) is 3.34. The van der Waals surface area contributed by atoms with E-state index < -0.39 is 0 Å². The van der Waals surface area contributed by atoms with Crippen LogP contribution in [0.15, 0.2) is 51.4 Å². The second-order valence-corrected chi connectivity index (χ2v) is 6.38. The van der Waals surface area contributed by atoms with Crippen molar-refractivity contribution in [2.24, 2.45) is 0 Å². The number of furan rings is 1. The van der Waals surface area contributed by atoms with E-state index in [1.165, 1.54) is 0 Å². The summed E-state index contributed by atoms with van der Waals surface area (Å²) in [5, 5.41) is 0.944. The lowest BCUT2D eigenvalue weighted by Gasteiger charge is -2.11. The first kappa shape index (κ1) is 14.3. The number of fused-ring (bicyclic) bond motifs is 3. The fourth-order valence-electron chi connectivity index (χ4n) is 2.82. The van der Waals surface area contributed by atoms with Crippen LogP contribution in [0.3, 0.4) is 0 Å². The normalized spacial score (nSPS) is 13.0. The van der Waals surface area contributed by atoms with E-state index in [9.17, 15) is 4.79 Å². The predicted octanol–water partition coefficient (Wildman–Crippen LogP) is 5.14. The van der Waals surface area contributed by atoms with Crippen LogP contribution in [-0.2, 0) is 0 Å². The van der Waals surface area contributed by atoms with Crippen molar-refractivity contribution in [3.63, 3.8) is 0 Å². The fraction of sp³-hybridized carbons (Fsp3) is 0.105.